The molecule has 1 heterocycles. The minimum atomic E-state index is -0.404. The van der Waals surface area contributed by atoms with Gasteiger partial charge in [0, 0.05) is 18.0 Å². The second kappa shape index (κ2) is 16.4. The average Bonchev–Trinajstić information content (AvgIpc) is 2.95. The van der Waals surface area contributed by atoms with E-state index >= 15 is 0 Å². The number of aromatic nitrogens is 2. The molecule has 1 unspecified atom stereocenters. The maximum absolute atomic E-state index is 12.6. The number of rotatable bonds is 17. The second-order valence-electron chi connectivity index (χ2n) is 9.95. The highest BCUT2D eigenvalue weighted by Crippen LogP contribution is 2.21. The summed E-state index contributed by atoms with van der Waals surface area (Å²) in [5.74, 6) is 2.32. The molecule has 0 spiro atoms. The Hall–Kier alpha value is -3.47. The Balaban J connectivity index is 1.42. The summed E-state index contributed by atoms with van der Waals surface area (Å²) < 4.78 is 11.3. The first kappa shape index (κ1) is 29.1. The van der Waals surface area contributed by atoms with Crippen molar-refractivity contribution in [3.63, 3.8) is 0 Å². The lowest BCUT2D eigenvalue weighted by Crippen LogP contribution is -2.08. The van der Waals surface area contributed by atoms with Gasteiger partial charge in [-0.25, -0.2) is 14.8 Å². The van der Waals surface area contributed by atoms with Gasteiger partial charge in [0.05, 0.1) is 12.2 Å². The molecule has 0 saturated carbocycles. The number of hydrogen-bond donors (Lipinski definition) is 0. The highest BCUT2D eigenvalue weighted by molar-refractivity contribution is 5.91. The zero-order valence-electron chi connectivity index (χ0n) is 23.0. The van der Waals surface area contributed by atoms with Gasteiger partial charge >= 0.3 is 5.97 Å². The molecule has 2 aromatic carbocycles. The highest BCUT2D eigenvalue weighted by atomic mass is 16.5. The van der Waals surface area contributed by atoms with Crippen molar-refractivity contribution in [1.29, 1.82) is 0 Å². The lowest BCUT2D eigenvalue weighted by molar-refractivity contribution is 0.0734. The third-order valence-electron chi connectivity index (χ3n) is 6.80. The number of hydrogen-bond acceptors (Lipinski definition) is 5. The monoisotopic (exact) mass is 514 g/mol. The molecule has 3 rings (SSSR count). The number of ether oxygens (including phenoxy) is 2. The Kier molecular flexibility index (Phi) is 12.5. The fraction of sp³-hybridized carbons (Fsp3) is 0.424. The molecule has 5 heteroatoms. The van der Waals surface area contributed by atoms with E-state index in [1.165, 1.54) is 37.7 Å². The number of carbonyl (C=O) groups excluding carboxylic acids is 1. The van der Waals surface area contributed by atoms with Crippen molar-refractivity contribution >= 4 is 5.97 Å². The molecule has 0 aliphatic carbocycles. The number of benzene rings is 2. The Morgan fingerprint density at radius 2 is 1.58 bits per heavy atom. The molecule has 0 fully saturated rings. The van der Waals surface area contributed by atoms with Gasteiger partial charge in [-0.1, -0.05) is 45.6 Å². The van der Waals surface area contributed by atoms with E-state index in [-0.39, 0.29) is 0 Å². The van der Waals surface area contributed by atoms with E-state index in [1.807, 2.05) is 30.6 Å². The maximum atomic E-state index is 12.6. The van der Waals surface area contributed by atoms with E-state index in [1.54, 1.807) is 36.4 Å². The summed E-state index contributed by atoms with van der Waals surface area (Å²) in [6.45, 7) is 8.99. The molecular weight excluding hydrogens is 472 g/mol. The van der Waals surface area contributed by atoms with Crippen LogP contribution < -0.4 is 9.47 Å². The number of carbonyl (C=O) groups is 1. The third-order valence-corrected chi connectivity index (χ3v) is 6.80. The third kappa shape index (κ3) is 10.1. The first-order valence-corrected chi connectivity index (χ1v) is 14.1. The van der Waals surface area contributed by atoms with Gasteiger partial charge < -0.3 is 9.47 Å². The van der Waals surface area contributed by atoms with Crippen LogP contribution in [-0.4, -0.2) is 22.5 Å². The van der Waals surface area contributed by atoms with Gasteiger partial charge in [-0.15, -0.1) is 6.58 Å². The van der Waals surface area contributed by atoms with Crippen molar-refractivity contribution in [3.8, 4) is 22.9 Å². The summed E-state index contributed by atoms with van der Waals surface area (Å²) in [7, 11) is 0. The Morgan fingerprint density at radius 1 is 0.895 bits per heavy atom. The van der Waals surface area contributed by atoms with Gasteiger partial charge in [-0.2, -0.15) is 0 Å². The molecule has 0 bridgehead atoms. The molecule has 3 aromatic rings. The Labute approximate surface area is 228 Å². The van der Waals surface area contributed by atoms with Crippen molar-refractivity contribution in [2.24, 2.45) is 5.92 Å². The minimum Gasteiger partial charge on any atom is -0.494 e. The predicted octanol–water partition coefficient (Wildman–Crippen LogP) is 8.64. The van der Waals surface area contributed by atoms with Crippen LogP contribution in [0.3, 0.4) is 0 Å². The molecule has 1 aromatic heterocycles. The van der Waals surface area contributed by atoms with Gasteiger partial charge in [-0.3, -0.25) is 0 Å². The molecule has 0 radical (unpaired) electrons. The van der Waals surface area contributed by atoms with Crippen LogP contribution in [0.2, 0.25) is 0 Å². The molecule has 5 nitrogen and oxygen atoms in total. The molecule has 0 saturated heterocycles. The van der Waals surface area contributed by atoms with E-state index in [9.17, 15) is 4.79 Å². The highest BCUT2D eigenvalue weighted by Gasteiger charge is 2.10. The first-order valence-electron chi connectivity index (χ1n) is 14.1. The van der Waals surface area contributed by atoms with Crippen molar-refractivity contribution in [1.82, 2.24) is 9.97 Å². The van der Waals surface area contributed by atoms with Crippen molar-refractivity contribution in [2.75, 3.05) is 6.61 Å². The summed E-state index contributed by atoms with van der Waals surface area (Å²) in [5.41, 5.74) is 2.53. The van der Waals surface area contributed by atoms with Crippen molar-refractivity contribution in [2.45, 2.75) is 78.1 Å². The smallest absolute Gasteiger partial charge is 0.343 e. The van der Waals surface area contributed by atoms with Crippen LogP contribution in [-0.2, 0) is 6.42 Å². The molecule has 0 N–H and O–H groups in total. The molecule has 202 valence electrons. The number of esters is 1. The first-order chi connectivity index (χ1) is 18.6. The lowest BCUT2D eigenvalue weighted by Gasteiger charge is -2.08. The van der Waals surface area contributed by atoms with Crippen molar-refractivity contribution < 1.29 is 14.3 Å². The van der Waals surface area contributed by atoms with E-state index in [4.69, 9.17) is 9.47 Å². The Bertz CT molecular complexity index is 1090. The van der Waals surface area contributed by atoms with Crippen LogP contribution in [0.25, 0.3) is 11.4 Å². The Morgan fingerprint density at radius 3 is 2.26 bits per heavy atom. The van der Waals surface area contributed by atoms with E-state index in [0.717, 1.165) is 49.3 Å². The number of unbranched alkanes of at least 4 members (excludes halogenated alkanes) is 5. The second-order valence-corrected chi connectivity index (χ2v) is 9.95. The largest absolute Gasteiger partial charge is 0.494 e. The van der Waals surface area contributed by atoms with Crippen LogP contribution in [0.15, 0.2) is 73.6 Å². The van der Waals surface area contributed by atoms with E-state index in [0.29, 0.717) is 23.7 Å². The molecule has 1 atom stereocenters. The lowest BCUT2D eigenvalue weighted by atomic mass is 10.00. The standard InChI is InChI=1S/C33H42N2O3/c1-4-6-7-8-12-23-37-30-19-17-29(18-20-30)33(36)38-31-21-15-28(16-22-31)32-34-24-27(25-35-32)14-11-9-10-13-26(3)5-2/h4,15-22,24-26H,1,5-14,23H2,2-3H3. The summed E-state index contributed by atoms with van der Waals surface area (Å²) in [6, 6.07) is 14.3. The molecule has 0 aliphatic heterocycles. The van der Waals surface area contributed by atoms with Gasteiger partial charge in [0.25, 0.3) is 0 Å². The predicted molar refractivity (Wildman–Crippen MR) is 155 cm³/mol. The van der Waals surface area contributed by atoms with E-state index < -0.39 is 5.97 Å². The van der Waals surface area contributed by atoms with Crippen LogP contribution in [0.5, 0.6) is 11.5 Å². The molecule has 0 amide bonds. The summed E-state index contributed by atoms with van der Waals surface area (Å²) in [4.78, 5) is 21.6. The van der Waals surface area contributed by atoms with Crippen LogP contribution >= 0.6 is 0 Å². The van der Waals surface area contributed by atoms with Gasteiger partial charge in [0.15, 0.2) is 5.82 Å². The van der Waals surface area contributed by atoms with Crippen LogP contribution in [0, 0.1) is 5.92 Å². The van der Waals surface area contributed by atoms with Gasteiger partial charge in [0.1, 0.15) is 11.5 Å². The topological polar surface area (TPSA) is 61.3 Å². The van der Waals surface area contributed by atoms with Crippen molar-refractivity contribution in [3.05, 3.63) is 84.7 Å². The average molecular weight is 515 g/mol. The zero-order chi connectivity index (χ0) is 27.0. The SMILES string of the molecule is C=CCCCCCOc1ccc(C(=O)Oc2ccc(-c3ncc(CCCCCC(C)CC)cn3)cc2)cc1. The van der Waals surface area contributed by atoms with Gasteiger partial charge in [-0.05, 0) is 98.5 Å². The number of nitrogens with zero attached hydrogens (tertiary/aromatic N) is 2. The van der Waals surface area contributed by atoms with Crippen LogP contribution in [0.4, 0.5) is 0 Å². The summed E-state index contributed by atoms with van der Waals surface area (Å²) in [5, 5.41) is 0. The summed E-state index contributed by atoms with van der Waals surface area (Å²) >= 11 is 0. The zero-order valence-corrected chi connectivity index (χ0v) is 23.0. The molecule has 38 heavy (non-hydrogen) atoms. The normalized spacial score (nSPS) is 11.6. The minimum absolute atomic E-state index is 0.404. The van der Waals surface area contributed by atoms with Crippen LogP contribution in [0.1, 0.15) is 87.6 Å². The summed E-state index contributed by atoms with van der Waals surface area (Å²) in [6.07, 6.45) is 17.4. The molecular formula is C33H42N2O3. The molecule has 0 aliphatic rings. The number of aryl methyl sites for hydroxylation is 1. The fourth-order valence-electron chi connectivity index (χ4n) is 4.12. The van der Waals surface area contributed by atoms with Gasteiger partial charge in [0.2, 0.25) is 0 Å². The quantitative estimate of drug-likeness (QED) is 0.0781. The van der Waals surface area contributed by atoms with E-state index in [2.05, 4.69) is 30.4 Å². The fourth-order valence-corrected chi connectivity index (χ4v) is 4.12. The number of allylic oxidation sites excluding steroid dienone is 1. The maximum Gasteiger partial charge on any atom is 0.343 e.